The molecule has 1 atom stereocenters. The number of carbonyl (C=O) groups excluding carboxylic acids is 1. The van der Waals surface area contributed by atoms with Gasteiger partial charge in [0.05, 0.1) is 5.41 Å². The maximum atomic E-state index is 11.0. The van der Waals surface area contributed by atoms with Gasteiger partial charge >= 0.3 is 5.97 Å². The van der Waals surface area contributed by atoms with Gasteiger partial charge in [-0.15, -0.1) is 0 Å². The Bertz CT molecular complexity index is 268. The Labute approximate surface area is 76.3 Å². The Balaban J connectivity index is 2.12. The summed E-state index contributed by atoms with van der Waals surface area (Å²) in [5, 5.41) is 11.8. The minimum atomic E-state index is -0.750. The van der Waals surface area contributed by atoms with E-state index >= 15 is 0 Å². The number of nitrogens with one attached hydrogen (secondary N) is 1. The van der Waals surface area contributed by atoms with E-state index in [2.05, 4.69) is 5.32 Å². The number of hydrogen-bond acceptors (Lipinski definition) is 2. The number of rotatable bonds is 2. The molecule has 3 saturated carbocycles. The summed E-state index contributed by atoms with van der Waals surface area (Å²) in [6.07, 6.45) is 2.33. The predicted molar refractivity (Wildman–Crippen MR) is 45.0 cm³/mol. The topological polar surface area (TPSA) is 66.4 Å². The van der Waals surface area contributed by atoms with E-state index in [1.54, 1.807) is 0 Å². The monoisotopic (exact) mass is 183 g/mol. The van der Waals surface area contributed by atoms with E-state index in [1.165, 1.54) is 6.92 Å². The molecule has 3 rings (SSSR count). The zero-order valence-electron chi connectivity index (χ0n) is 7.54. The van der Waals surface area contributed by atoms with Gasteiger partial charge in [-0.05, 0) is 25.2 Å². The van der Waals surface area contributed by atoms with Crippen LogP contribution in [0.15, 0.2) is 0 Å². The van der Waals surface area contributed by atoms with Crippen molar-refractivity contribution in [3.8, 4) is 0 Å². The van der Waals surface area contributed by atoms with E-state index in [0.29, 0.717) is 5.92 Å². The molecule has 0 heterocycles. The summed E-state index contributed by atoms with van der Waals surface area (Å²) in [6.45, 7) is 1.44. The third-order valence-electron chi connectivity index (χ3n) is 3.35. The van der Waals surface area contributed by atoms with Crippen LogP contribution in [0, 0.1) is 11.3 Å². The van der Waals surface area contributed by atoms with E-state index < -0.39 is 11.4 Å². The van der Waals surface area contributed by atoms with Crippen molar-refractivity contribution in [2.45, 2.75) is 32.2 Å². The van der Waals surface area contributed by atoms with Crippen LogP contribution in [0.2, 0.25) is 0 Å². The minimum Gasteiger partial charge on any atom is -0.481 e. The van der Waals surface area contributed by atoms with Crippen molar-refractivity contribution < 1.29 is 14.7 Å². The Kier molecular flexibility index (Phi) is 1.62. The quantitative estimate of drug-likeness (QED) is 0.650. The zero-order valence-corrected chi connectivity index (χ0v) is 7.54. The summed E-state index contributed by atoms with van der Waals surface area (Å²) in [4.78, 5) is 21.8. The molecule has 0 aromatic heterocycles. The SMILES string of the molecule is CC(=O)NC1CC2CC1(C(=O)O)C2. The molecule has 2 N–H and O–H groups in total. The number of carboxylic acid groups (broad SMARTS) is 1. The van der Waals surface area contributed by atoms with Gasteiger partial charge in [-0.3, -0.25) is 9.59 Å². The molecule has 4 heteroatoms. The lowest BCUT2D eigenvalue weighted by molar-refractivity contribution is -0.154. The molecule has 0 aliphatic heterocycles. The molecule has 3 aliphatic carbocycles. The van der Waals surface area contributed by atoms with Crippen LogP contribution in [0.3, 0.4) is 0 Å². The molecule has 2 bridgehead atoms. The van der Waals surface area contributed by atoms with Gasteiger partial charge in [-0.2, -0.15) is 0 Å². The summed E-state index contributed by atoms with van der Waals surface area (Å²) >= 11 is 0. The molecule has 1 unspecified atom stereocenters. The summed E-state index contributed by atoms with van der Waals surface area (Å²) in [5.74, 6) is -0.355. The van der Waals surface area contributed by atoms with Gasteiger partial charge in [0.2, 0.25) is 5.91 Å². The molecule has 0 aromatic carbocycles. The number of fused-ring (bicyclic) bond motifs is 1. The van der Waals surface area contributed by atoms with Crippen LogP contribution in [-0.4, -0.2) is 23.0 Å². The molecule has 72 valence electrons. The first-order chi connectivity index (χ1) is 6.04. The summed E-state index contributed by atoms with van der Waals surface area (Å²) < 4.78 is 0. The van der Waals surface area contributed by atoms with E-state index in [1.807, 2.05) is 0 Å². The number of carboxylic acids is 1. The van der Waals surface area contributed by atoms with Crippen molar-refractivity contribution >= 4 is 11.9 Å². The summed E-state index contributed by atoms with van der Waals surface area (Å²) in [7, 11) is 0. The van der Waals surface area contributed by atoms with Gasteiger partial charge in [-0.1, -0.05) is 0 Å². The molecular formula is C9H13NO3. The van der Waals surface area contributed by atoms with E-state index in [-0.39, 0.29) is 11.9 Å². The Hall–Kier alpha value is -1.06. The van der Waals surface area contributed by atoms with Crippen LogP contribution in [0.1, 0.15) is 26.2 Å². The van der Waals surface area contributed by atoms with Gasteiger partial charge < -0.3 is 10.4 Å². The van der Waals surface area contributed by atoms with E-state index in [4.69, 9.17) is 5.11 Å². The fourth-order valence-electron chi connectivity index (χ4n) is 2.75. The lowest BCUT2D eigenvalue weighted by Gasteiger charge is -2.36. The van der Waals surface area contributed by atoms with Crippen LogP contribution in [-0.2, 0) is 9.59 Å². The predicted octanol–water partition coefficient (Wildman–Crippen LogP) is 0.376. The van der Waals surface area contributed by atoms with Gasteiger partial charge in [0.15, 0.2) is 0 Å². The Morgan fingerprint density at radius 2 is 2.08 bits per heavy atom. The normalized spacial score (nSPS) is 41.0. The average molecular weight is 183 g/mol. The van der Waals surface area contributed by atoms with Gasteiger partial charge in [0.25, 0.3) is 0 Å². The molecule has 0 radical (unpaired) electrons. The molecule has 0 aromatic rings. The third-order valence-corrected chi connectivity index (χ3v) is 3.35. The smallest absolute Gasteiger partial charge is 0.311 e. The fraction of sp³-hybridized carbons (Fsp3) is 0.778. The molecule has 13 heavy (non-hydrogen) atoms. The zero-order chi connectivity index (χ0) is 9.64. The van der Waals surface area contributed by atoms with Crippen LogP contribution >= 0.6 is 0 Å². The summed E-state index contributed by atoms with van der Waals surface area (Å²) in [5.41, 5.74) is -0.629. The van der Waals surface area contributed by atoms with Gasteiger partial charge in [-0.25, -0.2) is 0 Å². The van der Waals surface area contributed by atoms with Crippen LogP contribution < -0.4 is 5.32 Å². The molecule has 3 fully saturated rings. The largest absolute Gasteiger partial charge is 0.481 e. The standard InChI is InChI=1S/C9H13NO3/c1-5(11)10-7-2-6-3-9(7,4-6)8(12)13/h6-7H,2-4H2,1H3,(H,10,11)(H,12,13). The first-order valence-corrected chi connectivity index (χ1v) is 4.55. The highest BCUT2D eigenvalue weighted by Crippen LogP contribution is 2.58. The highest BCUT2D eigenvalue weighted by Gasteiger charge is 2.62. The van der Waals surface area contributed by atoms with Gasteiger partial charge in [0, 0.05) is 13.0 Å². The fourth-order valence-corrected chi connectivity index (χ4v) is 2.75. The second-order valence-corrected chi connectivity index (χ2v) is 4.22. The first-order valence-electron chi connectivity index (χ1n) is 4.55. The highest BCUT2D eigenvalue weighted by atomic mass is 16.4. The Morgan fingerprint density at radius 3 is 2.54 bits per heavy atom. The lowest BCUT2D eigenvalue weighted by Crippen LogP contribution is -2.49. The van der Waals surface area contributed by atoms with E-state index in [0.717, 1.165) is 19.3 Å². The van der Waals surface area contributed by atoms with Crippen molar-refractivity contribution in [2.24, 2.45) is 11.3 Å². The number of amides is 1. The van der Waals surface area contributed by atoms with Crippen LogP contribution in [0.25, 0.3) is 0 Å². The molecule has 3 aliphatic rings. The van der Waals surface area contributed by atoms with Gasteiger partial charge in [0.1, 0.15) is 0 Å². The van der Waals surface area contributed by atoms with Crippen molar-refractivity contribution in [1.29, 1.82) is 0 Å². The molecule has 1 amide bonds. The van der Waals surface area contributed by atoms with Crippen molar-refractivity contribution in [3.05, 3.63) is 0 Å². The van der Waals surface area contributed by atoms with Crippen LogP contribution in [0.5, 0.6) is 0 Å². The molecular weight excluding hydrogens is 170 g/mol. The maximum absolute atomic E-state index is 11.0. The second-order valence-electron chi connectivity index (χ2n) is 4.22. The molecule has 0 saturated heterocycles. The molecule has 0 spiro atoms. The van der Waals surface area contributed by atoms with Crippen molar-refractivity contribution in [3.63, 3.8) is 0 Å². The molecule has 4 nitrogen and oxygen atoms in total. The highest BCUT2D eigenvalue weighted by molar-refractivity contribution is 5.80. The number of carbonyl (C=O) groups is 2. The lowest BCUT2D eigenvalue weighted by atomic mass is 9.68. The van der Waals surface area contributed by atoms with Crippen molar-refractivity contribution in [1.82, 2.24) is 5.32 Å². The third kappa shape index (κ3) is 1.04. The van der Waals surface area contributed by atoms with Crippen molar-refractivity contribution in [2.75, 3.05) is 0 Å². The van der Waals surface area contributed by atoms with Crippen LogP contribution in [0.4, 0.5) is 0 Å². The number of aliphatic carboxylic acids is 1. The second kappa shape index (κ2) is 2.47. The Morgan fingerprint density at radius 1 is 1.46 bits per heavy atom. The number of hydrogen-bond donors (Lipinski definition) is 2. The average Bonchev–Trinajstić information content (AvgIpc) is 2.37. The maximum Gasteiger partial charge on any atom is 0.311 e. The summed E-state index contributed by atoms with van der Waals surface area (Å²) in [6, 6.07) is -0.132. The minimum absolute atomic E-state index is 0.127. The first kappa shape index (κ1) is 8.53. The van der Waals surface area contributed by atoms with E-state index in [9.17, 15) is 9.59 Å².